The summed E-state index contributed by atoms with van der Waals surface area (Å²) in [6.07, 6.45) is 0. The van der Waals surface area contributed by atoms with Crippen LogP contribution in [0.15, 0.2) is 23.0 Å². The molecule has 32 heavy (non-hydrogen) atoms. The number of benzene rings is 1. The molecular formula is C20H21FN6O4S. The standard InChI is InChI=1S/C20H21FN6O4S/c1-10-25-26-19(32-10)23-13-8-12(21)5-4-11(13)9-22-16(29)14-15(28)17(30)27-6-7-31-20(2,3)18(27)24-14/h4-5,8,28H,6-7,9H2,1-3H3,(H,22,29)(H,23,26). The zero-order valence-corrected chi connectivity index (χ0v) is 18.4. The molecule has 1 aliphatic heterocycles. The first-order valence-electron chi connectivity index (χ1n) is 9.77. The van der Waals surface area contributed by atoms with Gasteiger partial charge in [-0.2, -0.15) is 0 Å². The molecule has 0 radical (unpaired) electrons. The summed E-state index contributed by atoms with van der Waals surface area (Å²) in [5.41, 5.74) is -1.03. The topological polar surface area (TPSA) is 131 Å². The molecule has 0 spiro atoms. The molecule has 4 rings (SSSR count). The molecule has 168 valence electrons. The molecule has 0 bridgehead atoms. The quantitative estimate of drug-likeness (QED) is 0.528. The van der Waals surface area contributed by atoms with E-state index in [0.29, 0.717) is 23.0 Å². The maximum atomic E-state index is 13.8. The highest BCUT2D eigenvalue weighted by atomic mass is 32.1. The summed E-state index contributed by atoms with van der Waals surface area (Å²) in [6.45, 7) is 5.77. The van der Waals surface area contributed by atoms with E-state index in [1.165, 1.54) is 34.1 Å². The maximum absolute atomic E-state index is 13.8. The van der Waals surface area contributed by atoms with Crippen molar-refractivity contribution in [2.75, 3.05) is 11.9 Å². The van der Waals surface area contributed by atoms with Crippen LogP contribution in [0, 0.1) is 12.7 Å². The highest BCUT2D eigenvalue weighted by molar-refractivity contribution is 7.15. The fourth-order valence-electron chi connectivity index (χ4n) is 3.37. The first-order chi connectivity index (χ1) is 15.2. The minimum absolute atomic E-state index is 0.0152. The van der Waals surface area contributed by atoms with E-state index < -0.39 is 34.3 Å². The number of hydrogen-bond donors (Lipinski definition) is 3. The van der Waals surface area contributed by atoms with Gasteiger partial charge in [-0.05, 0) is 38.5 Å². The predicted molar refractivity (Wildman–Crippen MR) is 115 cm³/mol. The van der Waals surface area contributed by atoms with Crippen molar-refractivity contribution in [2.45, 2.75) is 39.5 Å². The lowest BCUT2D eigenvalue weighted by atomic mass is 10.1. The summed E-state index contributed by atoms with van der Waals surface area (Å²) in [6, 6.07) is 4.05. The SMILES string of the molecule is Cc1nnc(Nc2cc(F)ccc2CNC(=O)c2nc3n(c(=O)c2O)CCOC3(C)C)s1. The molecule has 0 saturated heterocycles. The lowest BCUT2D eigenvalue weighted by molar-refractivity contribution is -0.0566. The Morgan fingerprint density at radius 2 is 2.16 bits per heavy atom. The minimum atomic E-state index is -0.895. The van der Waals surface area contributed by atoms with Gasteiger partial charge in [0.15, 0.2) is 5.69 Å². The Kier molecular flexibility index (Phi) is 5.65. The summed E-state index contributed by atoms with van der Waals surface area (Å²) < 4.78 is 20.8. The van der Waals surface area contributed by atoms with Crippen molar-refractivity contribution < 1.29 is 19.0 Å². The molecule has 0 unspecified atom stereocenters. The second-order valence-electron chi connectivity index (χ2n) is 7.68. The first-order valence-corrected chi connectivity index (χ1v) is 10.6. The number of carbonyl (C=O) groups excluding carboxylic acids is 1. The molecule has 0 saturated carbocycles. The van der Waals surface area contributed by atoms with E-state index in [-0.39, 0.29) is 18.9 Å². The van der Waals surface area contributed by atoms with E-state index in [2.05, 4.69) is 25.8 Å². The van der Waals surface area contributed by atoms with Gasteiger partial charge in [-0.15, -0.1) is 10.2 Å². The Morgan fingerprint density at radius 3 is 2.88 bits per heavy atom. The maximum Gasteiger partial charge on any atom is 0.296 e. The number of ether oxygens (including phenoxy) is 1. The van der Waals surface area contributed by atoms with Gasteiger partial charge in [-0.3, -0.25) is 14.2 Å². The molecule has 10 nitrogen and oxygen atoms in total. The van der Waals surface area contributed by atoms with Crippen LogP contribution < -0.4 is 16.2 Å². The third-order valence-electron chi connectivity index (χ3n) is 4.96. The van der Waals surface area contributed by atoms with E-state index in [4.69, 9.17) is 4.74 Å². The van der Waals surface area contributed by atoms with E-state index in [1.54, 1.807) is 20.8 Å². The minimum Gasteiger partial charge on any atom is -0.501 e. The predicted octanol–water partition coefficient (Wildman–Crippen LogP) is 2.19. The number of aromatic hydroxyl groups is 1. The number of nitrogens with zero attached hydrogens (tertiary/aromatic N) is 4. The second-order valence-corrected chi connectivity index (χ2v) is 8.87. The number of amides is 1. The average molecular weight is 460 g/mol. The largest absolute Gasteiger partial charge is 0.501 e. The monoisotopic (exact) mass is 460 g/mol. The highest BCUT2D eigenvalue weighted by Crippen LogP contribution is 2.28. The summed E-state index contributed by atoms with van der Waals surface area (Å²) in [7, 11) is 0. The van der Waals surface area contributed by atoms with Crippen LogP contribution in [-0.2, 0) is 23.4 Å². The molecule has 2 aromatic heterocycles. The molecule has 0 aliphatic carbocycles. The van der Waals surface area contributed by atoms with Crippen molar-refractivity contribution in [2.24, 2.45) is 0 Å². The van der Waals surface area contributed by atoms with Crippen molar-refractivity contribution in [1.82, 2.24) is 25.1 Å². The van der Waals surface area contributed by atoms with Crippen molar-refractivity contribution in [3.63, 3.8) is 0 Å². The number of rotatable bonds is 5. The molecular weight excluding hydrogens is 439 g/mol. The van der Waals surface area contributed by atoms with Crippen LogP contribution in [0.5, 0.6) is 5.75 Å². The van der Waals surface area contributed by atoms with Crippen molar-refractivity contribution in [3.8, 4) is 5.75 Å². The Bertz CT molecular complexity index is 1260. The van der Waals surface area contributed by atoms with Gasteiger partial charge >= 0.3 is 0 Å². The number of fused-ring (bicyclic) bond motifs is 1. The summed E-state index contributed by atoms with van der Waals surface area (Å²) in [4.78, 5) is 29.6. The van der Waals surface area contributed by atoms with Crippen LogP contribution in [0.1, 0.15) is 40.7 Å². The Labute approximate surface area is 186 Å². The van der Waals surface area contributed by atoms with Crippen LogP contribution in [0.25, 0.3) is 0 Å². The van der Waals surface area contributed by atoms with Gasteiger partial charge in [0.1, 0.15) is 22.3 Å². The lowest BCUT2D eigenvalue weighted by Crippen LogP contribution is -2.42. The average Bonchev–Trinajstić information content (AvgIpc) is 3.14. The van der Waals surface area contributed by atoms with Crippen molar-refractivity contribution in [3.05, 3.63) is 56.5 Å². The van der Waals surface area contributed by atoms with Gasteiger partial charge in [0, 0.05) is 12.2 Å². The Balaban J connectivity index is 1.59. The zero-order chi connectivity index (χ0) is 23.0. The molecule has 12 heteroatoms. The first kappa shape index (κ1) is 21.8. The zero-order valence-electron chi connectivity index (χ0n) is 17.6. The van der Waals surface area contributed by atoms with Gasteiger partial charge in [-0.1, -0.05) is 17.4 Å². The van der Waals surface area contributed by atoms with Crippen molar-refractivity contribution in [1.29, 1.82) is 0 Å². The molecule has 1 aliphatic rings. The van der Waals surface area contributed by atoms with Crippen LogP contribution >= 0.6 is 11.3 Å². The van der Waals surface area contributed by atoms with Gasteiger partial charge in [-0.25, -0.2) is 9.37 Å². The van der Waals surface area contributed by atoms with Crippen molar-refractivity contribution >= 4 is 28.1 Å². The Hall–Kier alpha value is -3.38. The van der Waals surface area contributed by atoms with Gasteiger partial charge in [0.25, 0.3) is 11.5 Å². The molecule has 1 amide bonds. The molecule has 3 aromatic rings. The number of nitrogens with one attached hydrogen (secondary N) is 2. The number of halogens is 1. The third kappa shape index (κ3) is 4.18. The van der Waals surface area contributed by atoms with Crippen LogP contribution in [0.2, 0.25) is 0 Å². The molecule has 0 fully saturated rings. The third-order valence-corrected chi connectivity index (χ3v) is 5.71. The number of hydrogen-bond acceptors (Lipinski definition) is 9. The number of anilines is 2. The second kappa shape index (κ2) is 8.28. The van der Waals surface area contributed by atoms with Gasteiger partial charge in [0.05, 0.1) is 13.2 Å². The normalized spacial score (nSPS) is 14.6. The smallest absolute Gasteiger partial charge is 0.296 e. The number of aryl methyl sites for hydroxylation is 1. The number of aromatic nitrogens is 4. The van der Waals surface area contributed by atoms with E-state index in [9.17, 15) is 19.1 Å². The molecule has 1 aromatic carbocycles. The van der Waals surface area contributed by atoms with E-state index in [1.807, 2.05) is 0 Å². The fraction of sp³-hybridized carbons (Fsp3) is 0.350. The van der Waals surface area contributed by atoms with E-state index in [0.717, 1.165) is 5.01 Å². The molecule has 3 heterocycles. The van der Waals surface area contributed by atoms with E-state index >= 15 is 0 Å². The Morgan fingerprint density at radius 1 is 1.38 bits per heavy atom. The summed E-state index contributed by atoms with van der Waals surface area (Å²) in [5, 5.41) is 25.0. The fourth-order valence-corrected chi connectivity index (χ4v) is 3.97. The van der Waals surface area contributed by atoms with Crippen LogP contribution in [0.3, 0.4) is 0 Å². The van der Waals surface area contributed by atoms with Gasteiger partial charge < -0.3 is 20.5 Å². The number of carbonyl (C=O) groups is 1. The summed E-state index contributed by atoms with van der Waals surface area (Å²) >= 11 is 1.30. The molecule has 0 atom stereocenters. The van der Waals surface area contributed by atoms with Crippen LogP contribution in [0.4, 0.5) is 15.2 Å². The highest BCUT2D eigenvalue weighted by Gasteiger charge is 2.34. The van der Waals surface area contributed by atoms with Crippen LogP contribution in [-0.4, -0.2) is 37.4 Å². The van der Waals surface area contributed by atoms with Gasteiger partial charge in [0.2, 0.25) is 10.9 Å². The summed E-state index contributed by atoms with van der Waals surface area (Å²) in [5.74, 6) is -1.68. The molecule has 3 N–H and O–H groups in total. The lowest BCUT2D eigenvalue weighted by Gasteiger charge is -2.32.